The molecule has 0 saturated carbocycles. The number of hydrogen-bond acceptors (Lipinski definition) is 4. The number of amides is 2. The number of likely N-dealkylation sites (N-methyl/N-ethyl adjacent to an activating group) is 1. The van der Waals surface area contributed by atoms with E-state index in [1.807, 2.05) is 0 Å². The third-order valence-corrected chi connectivity index (χ3v) is 2.79. The minimum absolute atomic E-state index is 0.0290. The molecule has 0 bridgehead atoms. The molecule has 1 rings (SSSR count). The third-order valence-electron chi connectivity index (χ3n) is 2.79. The van der Waals surface area contributed by atoms with E-state index in [1.54, 1.807) is 6.07 Å². The Morgan fingerprint density at radius 3 is 2.76 bits per heavy atom. The molecule has 0 aliphatic carbocycles. The van der Waals surface area contributed by atoms with Crippen molar-refractivity contribution in [2.45, 2.75) is 6.54 Å². The summed E-state index contributed by atoms with van der Waals surface area (Å²) in [7, 11) is 3.01. The molecule has 0 radical (unpaired) electrons. The number of aromatic carboxylic acids is 1. The van der Waals surface area contributed by atoms with Gasteiger partial charge >= 0.3 is 5.97 Å². The number of carbonyl (C=O) groups is 3. The lowest BCUT2D eigenvalue weighted by Gasteiger charge is -2.17. The lowest BCUT2D eigenvalue weighted by Crippen LogP contribution is -2.40. The van der Waals surface area contributed by atoms with Gasteiger partial charge in [-0.1, -0.05) is 0 Å². The maximum Gasteiger partial charge on any atom is 0.352 e. The van der Waals surface area contributed by atoms with Crippen LogP contribution in [0.5, 0.6) is 0 Å². The summed E-state index contributed by atoms with van der Waals surface area (Å²) in [5.41, 5.74) is 0.0290. The molecular weight excluding hydrogens is 278 g/mol. The molecule has 2 N–H and O–H groups in total. The van der Waals surface area contributed by atoms with E-state index in [9.17, 15) is 14.4 Å². The molecule has 0 aromatic carbocycles. The van der Waals surface area contributed by atoms with Gasteiger partial charge in [-0.15, -0.1) is 0 Å². The average Bonchev–Trinajstić information content (AvgIpc) is 2.87. The fraction of sp³-hybridized carbons (Fsp3) is 0.462. The fourth-order valence-corrected chi connectivity index (χ4v) is 1.66. The van der Waals surface area contributed by atoms with Crippen LogP contribution in [0.25, 0.3) is 0 Å². The van der Waals surface area contributed by atoms with Gasteiger partial charge in [0.25, 0.3) is 0 Å². The van der Waals surface area contributed by atoms with Crippen LogP contribution in [-0.4, -0.2) is 66.2 Å². The summed E-state index contributed by atoms with van der Waals surface area (Å²) in [6.07, 6.45) is 1.51. The Kier molecular flexibility index (Phi) is 6.41. The monoisotopic (exact) mass is 297 g/mol. The number of ether oxygens (including phenoxy) is 1. The predicted octanol–water partition coefficient (Wildman–Crippen LogP) is -0.593. The SMILES string of the molecule is COCCNC(=O)CN(C)C(=O)Cn1cccc1C(=O)O. The normalized spacial score (nSPS) is 10.2. The molecule has 0 saturated heterocycles. The van der Waals surface area contributed by atoms with Crippen molar-refractivity contribution in [3.63, 3.8) is 0 Å². The van der Waals surface area contributed by atoms with Gasteiger partial charge in [0, 0.05) is 26.9 Å². The van der Waals surface area contributed by atoms with Gasteiger partial charge in [0.05, 0.1) is 13.2 Å². The number of carboxylic acids is 1. The van der Waals surface area contributed by atoms with Gasteiger partial charge < -0.3 is 24.6 Å². The van der Waals surface area contributed by atoms with Gasteiger partial charge in [-0.05, 0) is 12.1 Å². The number of carbonyl (C=O) groups excluding carboxylic acids is 2. The van der Waals surface area contributed by atoms with Gasteiger partial charge in [0.15, 0.2) is 0 Å². The summed E-state index contributed by atoms with van der Waals surface area (Å²) in [5.74, 6) is -1.75. The second kappa shape index (κ2) is 8.05. The first-order valence-corrected chi connectivity index (χ1v) is 6.33. The zero-order valence-corrected chi connectivity index (χ0v) is 12.0. The van der Waals surface area contributed by atoms with Crippen molar-refractivity contribution in [3.8, 4) is 0 Å². The van der Waals surface area contributed by atoms with Crippen LogP contribution in [0.15, 0.2) is 18.3 Å². The van der Waals surface area contributed by atoms with E-state index >= 15 is 0 Å². The zero-order chi connectivity index (χ0) is 15.8. The van der Waals surface area contributed by atoms with Gasteiger partial charge in [-0.25, -0.2) is 4.79 Å². The average molecular weight is 297 g/mol. The first kappa shape index (κ1) is 16.7. The number of rotatable bonds is 8. The van der Waals surface area contributed by atoms with Gasteiger partial charge in [0.1, 0.15) is 12.2 Å². The predicted molar refractivity (Wildman–Crippen MR) is 73.9 cm³/mol. The minimum atomic E-state index is -1.10. The lowest BCUT2D eigenvalue weighted by atomic mass is 10.4. The molecule has 1 aromatic rings. The first-order chi connectivity index (χ1) is 9.95. The Morgan fingerprint density at radius 1 is 1.43 bits per heavy atom. The van der Waals surface area contributed by atoms with Crippen molar-refractivity contribution in [1.82, 2.24) is 14.8 Å². The van der Waals surface area contributed by atoms with E-state index in [1.165, 1.54) is 35.9 Å². The van der Waals surface area contributed by atoms with E-state index < -0.39 is 5.97 Å². The number of nitrogens with zero attached hydrogens (tertiary/aromatic N) is 2. The Morgan fingerprint density at radius 2 is 2.14 bits per heavy atom. The molecule has 8 heteroatoms. The molecule has 2 amide bonds. The summed E-state index contributed by atoms with van der Waals surface area (Å²) < 4.78 is 6.12. The topological polar surface area (TPSA) is 101 Å². The number of aromatic nitrogens is 1. The molecule has 116 valence electrons. The van der Waals surface area contributed by atoms with Crippen LogP contribution >= 0.6 is 0 Å². The standard InChI is InChI=1S/C13H19N3O5/c1-15(8-11(17)14-5-7-21-2)12(18)9-16-6-3-4-10(16)13(19)20/h3-4,6H,5,7-9H2,1-2H3,(H,14,17)(H,19,20). The molecule has 0 aliphatic heterocycles. The van der Waals surface area contributed by atoms with Crippen LogP contribution in [0.3, 0.4) is 0 Å². The van der Waals surface area contributed by atoms with E-state index in [4.69, 9.17) is 9.84 Å². The Labute approximate surface area is 122 Å². The maximum atomic E-state index is 12.0. The van der Waals surface area contributed by atoms with Crippen molar-refractivity contribution in [2.24, 2.45) is 0 Å². The van der Waals surface area contributed by atoms with E-state index in [2.05, 4.69) is 5.32 Å². The van der Waals surface area contributed by atoms with Crippen LogP contribution in [-0.2, 0) is 20.9 Å². The number of carboxylic acid groups (broad SMARTS) is 1. The lowest BCUT2D eigenvalue weighted by molar-refractivity contribution is -0.135. The molecule has 0 spiro atoms. The quantitative estimate of drug-likeness (QED) is 0.624. The first-order valence-electron chi connectivity index (χ1n) is 6.33. The summed E-state index contributed by atoms with van der Waals surface area (Å²) in [6, 6.07) is 2.96. The highest BCUT2D eigenvalue weighted by Crippen LogP contribution is 2.03. The summed E-state index contributed by atoms with van der Waals surface area (Å²) in [4.78, 5) is 35.7. The van der Waals surface area contributed by atoms with Crippen LogP contribution in [0.2, 0.25) is 0 Å². The molecule has 0 atom stereocenters. The second-order valence-electron chi connectivity index (χ2n) is 4.42. The molecule has 21 heavy (non-hydrogen) atoms. The van der Waals surface area contributed by atoms with Crippen LogP contribution in [0, 0.1) is 0 Å². The number of nitrogens with one attached hydrogen (secondary N) is 1. The van der Waals surface area contributed by atoms with Crippen LogP contribution < -0.4 is 5.32 Å². The van der Waals surface area contributed by atoms with Gasteiger partial charge in [-0.2, -0.15) is 0 Å². The van der Waals surface area contributed by atoms with Crippen molar-refractivity contribution >= 4 is 17.8 Å². The highest BCUT2D eigenvalue weighted by molar-refractivity contribution is 5.88. The molecule has 0 unspecified atom stereocenters. The molecule has 0 fully saturated rings. The summed E-state index contributed by atoms with van der Waals surface area (Å²) in [5, 5.41) is 11.5. The molecular formula is C13H19N3O5. The highest BCUT2D eigenvalue weighted by atomic mass is 16.5. The van der Waals surface area contributed by atoms with Crippen molar-refractivity contribution < 1.29 is 24.2 Å². The van der Waals surface area contributed by atoms with E-state index in [0.717, 1.165) is 0 Å². The van der Waals surface area contributed by atoms with Crippen molar-refractivity contribution in [1.29, 1.82) is 0 Å². The van der Waals surface area contributed by atoms with Crippen molar-refractivity contribution in [3.05, 3.63) is 24.0 Å². The van der Waals surface area contributed by atoms with Crippen molar-refractivity contribution in [2.75, 3.05) is 33.9 Å². The Balaban J connectivity index is 2.49. The minimum Gasteiger partial charge on any atom is -0.477 e. The van der Waals surface area contributed by atoms with Gasteiger partial charge in [-0.3, -0.25) is 9.59 Å². The molecule has 1 heterocycles. The molecule has 0 aliphatic rings. The summed E-state index contributed by atoms with van der Waals surface area (Å²) >= 11 is 0. The fourth-order valence-electron chi connectivity index (χ4n) is 1.66. The maximum absolute atomic E-state index is 12.0. The highest BCUT2D eigenvalue weighted by Gasteiger charge is 2.16. The molecule has 1 aromatic heterocycles. The molecule has 8 nitrogen and oxygen atoms in total. The zero-order valence-electron chi connectivity index (χ0n) is 12.0. The summed E-state index contributed by atoms with van der Waals surface area (Å²) in [6.45, 7) is 0.551. The Hall–Kier alpha value is -2.35. The number of hydrogen-bond donors (Lipinski definition) is 2. The van der Waals surface area contributed by atoms with E-state index in [-0.39, 0.29) is 30.6 Å². The van der Waals surface area contributed by atoms with E-state index in [0.29, 0.717) is 13.2 Å². The Bertz CT molecular complexity index is 512. The van der Waals surface area contributed by atoms with Crippen LogP contribution in [0.4, 0.5) is 0 Å². The second-order valence-corrected chi connectivity index (χ2v) is 4.42. The third kappa shape index (κ3) is 5.27. The smallest absolute Gasteiger partial charge is 0.352 e. The number of methoxy groups -OCH3 is 1. The van der Waals surface area contributed by atoms with Gasteiger partial charge in [0.2, 0.25) is 11.8 Å². The van der Waals surface area contributed by atoms with Crippen LogP contribution in [0.1, 0.15) is 10.5 Å². The largest absolute Gasteiger partial charge is 0.477 e.